The molecule has 0 spiro atoms. The highest BCUT2D eigenvalue weighted by atomic mass is 79.9. The van der Waals surface area contributed by atoms with E-state index in [1.807, 2.05) is 35.7 Å². The monoisotopic (exact) mass is 401 g/mol. The predicted molar refractivity (Wildman–Crippen MR) is 93.2 cm³/mol. The van der Waals surface area contributed by atoms with Crippen LogP contribution in [-0.4, -0.2) is 0 Å². The summed E-state index contributed by atoms with van der Waals surface area (Å²) in [7, 11) is 0. The van der Waals surface area contributed by atoms with E-state index in [9.17, 15) is 4.39 Å². The van der Waals surface area contributed by atoms with Crippen molar-refractivity contribution in [2.45, 2.75) is 6.04 Å². The van der Waals surface area contributed by atoms with Crippen LogP contribution in [-0.2, 0) is 0 Å². The summed E-state index contributed by atoms with van der Waals surface area (Å²) in [5, 5.41) is 5.28. The van der Waals surface area contributed by atoms with Gasteiger partial charge in [-0.1, -0.05) is 33.6 Å². The number of thiophene rings is 2. The van der Waals surface area contributed by atoms with Crippen molar-refractivity contribution in [2.24, 2.45) is 0 Å². The van der Waals surface area contributed by atoms with Crippen LogP contribution in [0.25, 0.3) is 0 Å². The van der Waals surface area contributed by atoms with Gasteiger partial charge in [-0.15, -0.1) is 22.7 Å². The average molecular weight is 403 g/mol. The molecular weight excluding hydrogens is 393 g/mol. The second kappa shape index (κ2) is 6.48. The van der Waals surface area contributed by atoms with Crippen LogP contribution in [0.1, 0.15) is 15.8 Å². The molecule has 0 aliphatic heterocycles. The lowest BCUT2D eigenvalue weighted by molar-refractivity contribution is 0.628. The Balaban J connectivity index is 1.96. The van der Waals surface area contributed by atoms with Crippen molar-refractivity contribution in [3.63, 3.8) is 0 Å². The highest BCUT2D eigenvalue weighted by Gasteiger charge is 2.18. The minimum absolute atomic E-state index is 0.0989. The summed E-state index contributed by atoms with van der Waals surface area (Å²) in [5.74, 6) is -0.284. The molecule has 0 amide bonds. The second-order valence-electron chi connectivity index (χ2n) is 4.36. The third kappa shape index (κ3) is 3.48. The highest BCUT2D eigenvalue weighted by Crippen LogP contribution is 2.36. The van der Waals surface area contributed by atoms with Gasteiger partial charge in [0.25, 0.3) is 0 Å². The van der Waals surface area contributed by atoms with E-state index in [-0.39, 0.29) is 11.9 Å². The number of rotatable bonds is 4. The summed E-state index contributed by atoms with van der Waals surface area (Å²) in [4.78, 5) is 2.18. The Bertz CT molecular complexity index is 742. The van der Waals surface area contributed by atoms with Gasteiger partial charge < -0.3 is 5.32 Å². The standard InChI is InChI=1S/C15H10BrClFNS2/c16-9-3-4-11(10(18)8-9)19-15(12-2-1-7-20-12)13-5-6-14(17)21-13/h1-8,15,19H. The molecule has 108 valence electrons. The first-order valence-corrected chi connectivity index (χ1v) is 9.00. The van der Waals surface area contributed by atoms with Crippen molar-refractivity contribution in [2.75, 3.05) is 5.32 Å². The molecule has 3 rings (SSSR count). The normalized spacial score (nSPS) is 12.3. The van der Waals surface area contributed by atoms with Gasteiger partial charge in [-0.3, -0.25) is 0 Å². The van der Waals surface area contributed by atoms with E-state index in [1.54, 1.807) is 17.4 Å². The minimum Gasteiger partial charge on any atom is -0.370 e. The summed E-state index contributed by atoms with van der Waals surface area (Å²) >= 11 is 12.4. The van der Waals surface area contributed by atoms with Gasteiger partial charge in [-0.25, -0.2) is 4.39 Å². The Labute approximate surface area is 143 Å². The van der Waals surface area contributed by atoms with Crippen LogP contribution in [0.2, 0.25) is 4.34 Å². The van der Waals surface area contributed by atoms with Crippen LogP contribution in [0.4, 0.5) is 10.1 Å². The molecule has 3 aromatic rings. The van der Waals surface area contributed by atoms with E-state index < -0.39 is 0 Å². The maximum Gasteiger partial charge on any atom is 0.147 e. The number of hydrogen-bond acceptors (Lipinski definition) is 3. The van der Waals surface area contributed by atoms with Crippen molar-refractivity contribution in [3.8, 4) is 0 Å². The Morgan fingerprint density at radius 3 is 2.62 bits per heavy atom. The van der Waals surface area contributed by atoms with Crippen molar-refractivity contribution >= 4 is 55.9 Å². The molecule has 1 atom stereocenters. The molecule has 0 radical (unpaired) electrons. The van der Waals surface area contributed by atoms with Gasteiger partial charge >= 0.3 is 0 Å². The molecule has 1 unspecified atom stereocenters. The lowest BCUT2D eigenvalue weighted by atomic mass is 10.2. The summed E-state index contributed by atoms with van der Waals surface area (Å²) in [6, 6.07) is 12.8. The first kappa shape index (κ1) is 15.0. The number of nitrogens with one attached hydrogen (secondary N) is 1. The topological polar surface area (TPSA) is 12.0 Å². The predicted octanol–water partition coefficient (Wildman–Crippen LogP) is 6.57. The van der Waals surface area contributed by atoms with E-state index in [1.165, 1.54) is 17.4 Å². The molecule has 0 bridgehead atoms. The molecule has 1 nitrogen and oxygen atoms in total. The molecule has 0 fully saturated rings. The zero-order valence-electron chi connectivity index (χ0n) is 10.6. The van der Waals surface area contributed by atoms with Crippen LogP contribution >= 0.6 is 50.2 Å². The Hall–Kier alpha value is -0.880. The number of anilines is 1. The van der Waals surface area contributed by atoms with E-state index in [4.69, 9.17) is 11.6 Å². The van der Waals surface area contributed by atoms with E-state index in [2.05, 4.69) is 21.2 Å². The highest BCUT2D eigenvalue weighted by molar-refractivity contribution is 9.10. The lowest BCUT2D eigenvalue weighted by Crippen LogP contribution is -2.10. The SMILES string of the molecule is Fc1cc(Br)ccc1NC(c1cccs1)c1ccc(Cl)s1. The molecule has 6 heteroatoms. The van der Waals surface area contributed by atoms with Crippen molar-refractivity contribution in [1.82, 2.24) is 0 Å². The van der Waals surface area contributed by atoms with Crippen molar-refractivity contribution in [3.05, 3.63) is 72.2 Å². The molecule has 0 saturated carbocycles. The molecule has 2 heterocycles. The molecule has 21 heavy (non-hydrogen) atoms. The second-order valence-corrected chi connectivity index (χ2v) is 8.00. The van der Waals surface area contributed by atoms with Gasteiger partial charge in [0, 0.05) is 14.2 Å². The molecule has 1 aromatic carbocycles. The molecule has 0 saturated heterocycles. The van der Waals surface area contributed by atoms with Crippen LogP contribution < -0.4 is 5.32 Å². The maximum atomic E-state index is 14.1. The lowest BCUT2D eigenvalue weighted by Gasteiger charge is -2.18. The van der Waals surface area contributed by atoms with Crippen LogP contribution in [0.3, 0.4) is 0 Å². The number of benzene rings is 1. The molecule has 0 aliphatic rings. The van der Waals surface area contributed by atoms with Crippen molar-refractivity contribution in [1.29, 1.82) is 0 Å². The van der Waals surface area contributed by atoms with Crippen LogP contribution in [0.15, 0.2) is 52.3 Å². The van der Waals surface area contributed by atoms with Crippen LogP contribution in [0, 0.1) is 5.82 Å². The number of hydrogen-bond donors (Lipinski definition) is 1. The first-order valence-electron chi connectivity index (χ1n) is 6.14. The quantitative estimate of drug-likeness (QED) is 0.520. The molecule has 0 aliphatic carbocycles. The van der Waals surface area contributed by atoms with E-state index >= 15 is 0 Å². The van der Waals surface area contributed by atoms with Gasteiger partial charge in [0.2, 0.25) is 0 Å². The fraction of sp³-hybridized carbons (Fsp3) is 0.0667. The summed E-state index contributed by atoms with van der Waals surface area (Å²) < 4.78 is 15.5. The van der Waals surface area contributed by atoms with E-state index in [0.29, 0.717) is 5.69 Å². The average Bonchev–Trinajstić information content (AvgIpc) is 3.09. The zero-order valence-corrected chi connectivity index (χ0v) is 14.6. The van der Waals surface area contributed by atoms with Crippen LogP contribution in [0.5, 0.6) is 0 Å². The third-order valence-corrected chi connectivity index (χ3v) is 5.66. The fourth-order valence-electron chi connectivity index (χ4n) is 1.98. The largest absolute Gasteiger partial charge is 0.370 e. The molecular formula is C15H10BrClFNS2. The Kier molecular flexibility index (Phi) is 4.64. The van der Waals surface area contributed by atoms with E-state index in [0.717, 1.165) is 18.6 Å². The van der Waals surface area contributed by atoms with Crippen molar-refractivity contribution < 1.29 is 4.39 Å². The van der Waals surface area contributed by atoms with Gasteiger partial charge in [0.05, 0.1) is 16.1 Å². The van der Waals surface area contributed by atoms with Gasteiger partial charge in [0.15, 0.2) is 0 Å². The van der Waals surface area contributed by atoms with Gasteiger partial charge in [-0.2, -0.15) is 0 Å². The number of halogens is 3. The third-order valence-electron chi connectivity index (χ3n) is 2.94. The summed E-state index contributed by atoms with van der Waals surface area (Å²) in [6.07, 6.45) is 0. The smallest absolute Gasteiger partial charge is 0.147 e. The Morgan fingerprint density at radius 2 is 2.00 bits per heavy atom. The Morgan fingerprint density at radius 1 is 1.14 bits per heavy atom. The maximum absolute atomic E-state index is 14.1. The molecule has 1 N–H and O–H groups in total. The fourth-order valence-corrected chi connectivity index (χ4v) is 4.32. The zero-order chi connectivity index (χ0) is 14.8. The summed E-state index contributed by atoms with van der Waals surface area (Å²) in [6.45, 7) is 0. The summed E-state index contributed by atoms with van der Waals surface area (Å²) in [5.41, 5.74) is 0.473. The molecule has 2 aromatic heterocycles. The minimum atomic E-state index is -0.284. The first-order chi connectivity index (χ1) is 10.1. The van der Waals surface area contributed by atoms with Gasteiger partial charge in [-0.05, 0) is 41.8 Å². The van der Waals surface area contributed by atoms with Gasteiger partial charge in [0.1, 0.15) is 5.82 Å².